The van der Waals surface area contributed by atoms with Crippen molar-refractivity contribution in [3.05, 3.63) is 95.5 Å². The van der Waals surface area contributed by atoms with Gasteiger partial charge in [-0.25, -0.2) is 4.99 Å². The fourth-order valence-corrected chi connectivity index (χ4v) is 4.77. The molecule has 1 saturated heterocycles. The van der Waals surface area contributed by atoms with Gasteiger partial charge in [0.1, 0.15) is 5.25 Å². The van der Waals surface area contributed by atoms with Gasteiger partial charge in [-0.3, -0.25) is 14.5 Å². The number of thioether (sulfide) groups is 1. The second kappa shape index (κ2) is 11.2. The lowest BCUT2D eigenvalue weighted by Crippen LogP contribution is -2.45. The van der Waals surface area contributed by atoms with Crippen molar-refractivity contribution in [1.29, 1.82) is 0 Å². The largest absolute Gasteiger partial charge is 0.325 e. The molecule has 1 N–H and O–H groups in total. The lowest BCUT2D eigenvalue weighted by molar-refractivity contribution is -0.129. The van der Waals surface area contributed by atoms with E-state index < -0.39 is 5.25 Å². The number of nitrogens with zero attached hydrogens (tertiary/aromatic N) is 2. The first-order valence-electron chi connectivity index (χ1n) is 10.8. The molecule has 33 heavy (non-hydrogen) atoms. The topological polar surface area (TPSA) is 61.8 Å². The number of rotatable bonds is 7. The van der Waals surface area contributed by atoms with Crippen LogP contribution in [-0.4, -0.2) is 33.7 Å². The van der Waals surface area contributed by atoms with Gasteiger partial charge in [0.2, 0.25) is 11.8 Å². The van der Waals surface area contributed by atoms with Crippen LogP contribution >= 0.6 is 23.4 Å². The molecule has 168 valence electrons. The van der Waals surface area contributed by atoms with E-state index in [1.54, 1.807) is 29.2 Å². The second-order valence-corrected chi connectivity index (χ2v) is 9.28. The van der Waals surface area contributed by atoms with E-state index in [1.165, 1.54) is 17.3 Å². The molecule has 0 aromatic heterocycles. The molecule has 1 aliphatic rings. The van der Waals surface area contributed by atoms with Gasteiger partial charge in [-0.15, -0.1) is 0 Å². The molecule has 7 heteroatoms. The summed E-state index contributed by atoms with van der Waals surface area (Å²) in [5.41, 5.74) is 2.63. The molecular weight excluding hydrogens is 454 g/mol. The summed E-state index contributed by atoms with van der Waals surface area (Å²) >= 11 is 7.26. The molecule has 4 rings (SSSR count). The van der Waals surface area contributed by atoms with Crippen LogP contribution in [-0.2, 0) is 16.0 Å². The van der Waals surface area contributed by atoms with Gasteiger partial charge in [-0.05, 0) is 54.8 Å². The molecule has 1 aliphatic heterocycles. The highest BCUT2D eigenvalue weighted by Gasteiger charge is 2.35. The van der Waals surface area contributed by atoms with Crippen LogP contribution in [0.25, 0.3) is 0 Å². The summed E-state index contributed by atoms with van der Waals surface area (Å²) in [7, 11) is 0. The monoisotopic (exact) mass is 477 g/mol. The van der Waals surface area contributed by atoms with Gasteiger partial charge in [-0.1, -0.05) is 71.9 Å². The van der Waals surface area contributed by atoms with E-state index in [9.17, 15) is 9.59 Å². The zero-order valence-electron chi connectivity index (χ0n) is 18.0. The first-order valence-corrected chi connectivity index (χ1v) is 12.1. The molecular formula is C26H24ClN3O2S. The molecule has 0 aliphatic carbocycles. The van der Waals surface area contributed by atoms with E-state index in [-0.39, 0.29) is 18.2 Å². The van der Waals surface area contributed by atoms with Crippen LogP contribution in [0.5, 0.6) is 0 Å². The third-order valence-electron chi connectivity index (χ3n) is 5.21. The minimum Gasteiger partial charge on any atom is -0.325 e. The minimum absolute atomic E-state index is 0.0900. The summed E-state index contributed by atoms with van der Waals surface area (Å²) in [5.74, 6) is -0.312. The fourth-order valence-electron chi connectivity index (χ4n) is 3.52. The normalized spacial score (nSPS) is 17.2. The molecule has 0 bridgehead atoms. The first kappa shape index (κ1) is 23.1. The van der Waals surface area contributed by atoms with Gasteiger partial charge >= 0.3 is 0 Å². The van der Waals surface area contributed by atoms with Crippen molar-refractivity contribution in [2.75, 3.05) is 11.9 Å². The second-order valence-electron chi connectivity index (χ2n) is 7.67. The highest BCUT2D eigenvalue weighted by molar-refractivity contribution is 8.15. The number of amidine groups is 1. The summed E-state index contributed by atoms with van der Waals surface area (Å²) in [4.78, 5) is 32.4. The van der Waals surface area contributed by atoms with E-state index in [4.69, 9.17) is 16.6 Å². The van der Waals surface area contributed by atoms with Crippen molar-refractivity contribution >= 4 is 51.7 Å². The molecule has 1 heterocycles. The molecule has 1 atom stereocenters. The van der Waals surface area contributed by atoms with Crippen LogP contribution in [0.2, 0.25) is 5.02 Å². The maximum Gasteiger partial charge on any atom is 0.238 e. The standard InChI is InChI=1S/C26H24ClN3O2S/c27-20-13-15-22(16-14-20)28-25(32)23-18-24(31)30(17-7-10-19-8-3-1-4-9-19)26(33-23)29-21-11-5-2-6-12-21/h1-6,8-9,11-16,23H,7,10,17-18H2,(H,28,32). The van der Waals surface area contributed by atoms with Crippen LogP contribution in [0.1, 0.15) is 18.4 Å². The van der Waals surface area contributed by atoms with Crippen LogP contribution in [0.15, 0.2) is 89.9 Å². The maximum absolute atomic E-state index is 13.1. The van der Waals surface area contributed by atoms with Crippen LogP contribution in [0.3, 0.4) is 0 Å². The number of halogens is 1. The summed E-state index contributed by atoms with van der Waals surface area (Å²) in [6.45, 7) is 0.553. The maximum atomic E-state index is 13.1. The molecule has 0 saturated carbocycles. The van der Waals surface area contributed by atoms with E-state index in [2.05, 4.69) is 17.4 Å². The van der Waals surface area contributed by atoms with Crippen molar-refractivity contribution < 1.29 is 9.59 Å². The molecule has 1 fully saturated rings. The average molecular weight is 478 g/mol. The minimum atomic E-state index is -0.555. The summed E-state index contributed by atoms with van der Waals surface area (Å²) < 4.78 is 0. The number of carbonyl (C=O) groups excluding carboxylic acids is 2. The van der Waals surface area contributed by atoms with E-state index in [0.29, 0.717) is 22.4 Å². The van der Waals surface area contributed by atoms with Crippen LogP contribution in [0, 0.1) is 0 Å². The zero-order valence-corrected chi connectivity index (χ0v) is 19.6. The number of carbonyl (C=O) groups is 2. The van der Waals surface area contributed by atoms with Gasteiger partial charge in [-0.2, -0.15) is 0 Å². The lowest BCUT2D eigenvalue weighted by Gasteiger charge is -2.32. The lowest BCUT2D eigenvalue weighted by atomic mass is 10.1. The van der Waals surface area contributed by atoms with E-state index in [1.807, 2.05) is 48.5 Å². The van der Waals surface area contributed by atoms with Crippen LogP contribution in [0.4, 0.5) is 11.4 Å². The van der Waals surface area contributed by atoms with Crippen molar-refractivity contribution in [3.8, 4) is 0 Å². The van der Waals surface area contributed by atoms with Crippen LogP contribution < -0.4 is 5.32 Å². The Hall–Kier alpha value is -3.09. The van der Waals surface area contributed by atoms with Gasteiger partial charge in [0.15, 0.2) is 5.17 Å². The Bertz CT molecular complexity index is 1120. The number of para-hydroxylation sites is 1. The number of amides is 2. The number of anilines is 1. The number of aliphatic imine (C=N–C) groups is 1. The first-order chi connectivity index (χ1) is 16.1. The quantitative estimate of drug-likeness (QED) is 0.458. The molecule has 3 aromatic carbocycles. The Morgan fingerprint density at radius 1 is 1.00 bits per heavy atom. The van der Waals surface area contributed by atoms with Gasteiger partial charge in [0, 0.05) is 23.7 Å². The van der Waals surface area contributed by atoms with Gasteiger partial charge in [0.25, 0.3) is 0 Å². The molecule has 0 radical (unpaired) electrons. The SMILES string of the molecule is O=C(Nc1ccc(Cl)cc1)C1CC(=O)N(CCCc2ccccc2)C(=Nc2ccccc2)S1. The summed E-state index contributed by atoms with van der Waals surface area (Å²) in [6.07, 6.45) is 1.81. The average Bonchev–Trinajstić information content (AvgIpc) is 2.83. The fraction of sp³-hybridized carbons (Fsp3) is 0.192. The molecule has 3 aromatic rings. The molecule has 2 amide bonds. The van der Waals surface area contributed by atoms with E-state index in [0.717, 1.165) is 18.5 Å². The van der Waals surface area contributed by atoms with Crippen molar-refractivity contribution in [2.24, 2.45) is 4.99 Å². The van der Waals surface area contributed by atoms with E-state index >= 15 is 0 Å². The summed E-state index contributed by atoms with van der Waals surface area (Å²) in [6, 6.07) is 26.6. The third-order valence-corrected chi connectivity index (χ3v) is 6.65. The number of aryl methyl sites for hydroxylation is 1. The third kappa shape index (κ3) is 6.46. The number of benzene rings is 3. The van der Waals surface area contributed by atoms with Crippen molar-refractivity contribution in [1.82, 2.24) is 4.90 Å². The van der Waals surface area contributed by atoms with Crippen molar-refractivity contribution in [3.63, 3.8) is 0 Å². The Morgan fingerprint density at radius 3 is 2.36 bits per heavy atom. The Morgan fingerprint density at radius 2 is 1.67 bits per heavy atom. The highest BCUT2D eigenvalue weighted by atomic mass is 35.5. The zero-order chi connectivity index (χ0) is 23.0. The molecule has 5 nitrogen and oxygen atoms in total. The summed E-state index contributed by atoms with van der Waals surface area (Å²) in [5, 5.41) is 3.48. The Labute approximate surface area is 202 Å². The Balaban J connectivity index is 1.48. The van der Waals surface area contributed by atoms with Gasteiger partial charge in [0.05, 0.1) is 5.69 Å². The van der Waals surface area contributed by atoms with Gasteiger partial charge < -0.3 is 5.32 Å². The number of hydrogen-bond donors (Lipinski definition) is 1. The smallest absolute Gasteiger partial charge is 0.238 e. The predicted octanol–water partition coefficient (Wildman–Crippen LogP) is 5.93. The molecule has 1 unspecified atom stereocenters. The number of nitrogens with one attached hydrogen (secondary N) is 1. The molecule has 0 spiro atoms. The number of hydrogen-bond acceptors (Lipinski definition) is 4. The predicted molar refractivity (Wildman–Crippen MR) is 136 cm³/mol. The van der Waals surface area contributed by atoms with Crippen molar-refractivity contribution in [2.45, 2.75) is 24.5 Å². The highest BCUT2D eigenvalue weighted by Crippen LogP contribution is 2.30. The Kier molecular flexibility index (Phi) is 7.81.